The average molecular weight is 194 g/mol. The van der Waals surface area contributed by atoms with E-state index in [-0.39, 0.29) is 0 Å². The molecule has 2 rings (SSSR count). The van der Waals surface area contributed by atoms with E-state index in [0.29, 0.717) is 5.92 Å². The van der Waals surface area contributed by atoms with Crippen molar-refractivity contribution in [2.45, 2.75) is 38.0 Å². The number of likely N-dealkylation sites (N-methyl/N-ethyl adjacent to an activating group) is 1. The Morgan fingerprint density at radius 2 is 2.29 bits per heavy atom. The molecule has 0 radical (unpaired) electrons. The first-order valence-corrected chi connectivity index (χ1v) is 5.50. The van der Waals surface area contributed by atoms with Crippen LogP contribution in [-0.2, 0) is 6.42 Å². The highest BCUT2D eigenvalue weighted by Gasteiger charge is 2.22. The number of nitrogens with one attached hydrogen (secondary N) is 1. The molecule has 0 bridgehead atoms. The van der Waals surface area contributed by atoms with Crippen molar-refractivity contribution in [2.24, 2.45) is 0 Å². The van der Waals surface area contributed by atoms with Crippen molar-refractivity contribution < 1.29 is 4.52 Å². The Morgan fingerprint density at radius 3 is 3.00 bits per heavy atom. The standard InChI is InChI=1S/C11H18N2O/c1-12-7-6-11-10(8-13-14-11)9-4-2-3-5-9/h8-9,12H,2-7H2,1H3. The van der Waals surface area contributed by atoms with Crippen molar-refractivity contribution in [3.63, 3.8) is 0 Å². The molecule has 78 valence electrons. The van der Waals surface area contributed by atoms with E-state index in [1.165, 1.54) is 31.2 Å². The van der Waals surface area contributed by atoms with E-state index in [0.717, 1.165) is 18.7 Å². The molecule has 1 aliphatic rings. The molecule has 1 aromatic rings. The van der Waals surface area contributed by atoms with Gasteiger partial charge in [-0.2, -0.15) is 0 Å². The molecule has 1 heterocycles. The van der Waals surface area contributed by atoms with Crippen molar-refractivity contribution in [3.8, 4) is 0 Å². The molecule has 1 N–H and O–H groups in total. The van der Waals surface area contributed by atoms with Crippen LogP contribution in [0, 0.1) is 0 Å². The van der Waals surface area contributed by atoms with Gasteiger partial charge in [0, 0.05) is 18.5 Å². The predicted molar refractivity (Wildman–Crippen MR) is 55.3 cm³/mol. The number of hydrogen-bond acceptors (Lipinski definition) is 3. The van der Waals surface area contributed by atoms with Gasteiger partial charge >= 0.3 is 0 Å². The fourth-order valence-electron chi connectivity index (χ4n) is 2.27. The van der Waals surface area contributed by atoms with Gasteiger partial charge in [0.1, 0.15) is 5.76 Å². The van der Waals surface area contributed by atoms with Crippen LogP contribution >= 0.6 is 0 Å². The number of rotatable bonds is 4. The number of hydrogen-bond donors (Lipinski definition) is 1. The van der Waals surface area contributed by atoms with Crippen LogP contribution in [0.3, 0.4) is 0 Å². The van der Waals surface area contributed by atoms with Crippen molar-refractivity contribution in [3.05, 3.63) is 17.5 Å². The maximum absolute atomic E-state index is 5.29. The van der Waals surface area contributed by atoms with E-state index < -0.39 is 0 Å². The van der Waals surface area contributed by atoms with Gasteiger partial charge in [0.05, 0.1) is 6.20 Å². The van der Waals surface area contributed by atoms with Gasteiger partial charge in [-0.05, 0) is 25.8 Å². The molecule has 0 aliphatic heterocycles. The largest absolute Gasteiger partial charge is 0.361 e. The van der Waals surface area contributed by atoms with Gasteiger partial charge in [0.15, 0.2) is 0 Å². The van der Waals surface area contributed by atoms with Crippen molar-refractivity contribution in [1.29, 1.82) is 0 Å². The predicted octanol–water partition coefficient (Wildman–Crippen LogP) is 2.09. The van der Waals surface area contributed by atoms with E-state index in [1.54, 1.807) is 0 Å². The highest BCUT2D eigenvalue weighted by Crippen LogP contribution is 2.35. The minimum atomic E-state index is 0.716. The van der Waals surface area contributed by atoms with E-state index >= 15 is 0 Å². The number of aromatic nitrogens is 1. The normalized spacial score (nSPS) is 17.8. The van der Waals surface area contributed by atoms with Crippen LogP contribution in [0.25, 0.3) is 0 Å². The van der Waals surface area contributed by atoms with Crippen LogP contribution < -0.4 is 5.32 Å². The summed E-state index contributed by atoms with van der Waals surface area (Å²) < 4.78 is 5.29. The molecular formula is C11H18N2O. The smallest absolute Gasteiger partial charge is 0.141 e. The first-order valence-electron chi connectivity index (χ1n) is 5.50. The molecule has 1 aliphatic carbocycles. The van der Waals surface area contributed by atoms with Crippen molar-refractivity contribution in [2.75, 3.05) is 13.6 Å². The zero-order valence-corrected chi connectivity index (χ0v) is 8.75. The Morgan fingerprint density at radius 1 is 1.50 bits per heavy atom. The van der Waals surface area contributed by atoms with E-state index in [2.05, 4.69) is 10.5 Å². The molecule has 0 atom stereocenters. The summed E-state index contributed by atoms with van der Waals surface area (Å²) in [5.41, 5.74) is 1.36. The molecule has 3 heteroatoms. The summed E-state index contributed by atoms with van der Waals surface area (Å²) in [6.45, 7) is 0.967. The molecule has 1 aromatic heterocycles. The Balaban J connectivity index is 2.04. The van der Waals surface area contributed by atoms with E-state index in [9.17, 15) is 0 Å². The van der Waals surface area contributed by atoms with Crippen LogP contribution in [-0.4, -0.2) is 18.7 Å². The van der Waals surface area contributed by atoms with E-state index in [1.807, 2.05) is 13.2 Å². The zero-order chi connectivity index (χ0) is 9.80. The van der Waals surface area contributed by atoms with Gasteiger partial charge in [-0.15, -0.1) is 0 Å². The van der Waals surface area contributed by atoms with Crippen LogP contribution in [0.2, 0.25) is 0 Å². The second-order valence-electron chi connectivity index (χ2n) is 4.04. The van der Waals surface area contributed by atoms with Crippen LogP contribution in [0.4, 0.5) is 0 Å². The molecular weight excluding hydrogens is 176 g/mol. The van der Waals surface area contributed by atoms with Gasteiger partial charge in [-0.3, -0.25) is 0 Å². The van der Waals surface area contributed by atoms with Gasteiger partial charge in [-0.25, -0.2) is 0 Å². The van der Waals surface area contributed by atoms with Gasteiger partial charge in [-0.1, -0.05) is 18.0 Å². The average Bonchev–Trinajstić information content (AvgIpc) is 2.84. The summed E-state index contributed by atoms with van der Waals surface area (Å²) in [6.07, 6.45) is 8.23. The Bertz CT molecular complexity index is 277. The quantitative estimate of drug-likeness (QED) is 0.797. The summed E-state index contributed by atoms with van der Waals surface area (Å²) in [7, 11) is 1.96. The topological polar surface area (TPSA) is 38.1 Å². The second kappa shape index (κ2) is 4.60. The first kappa shape index (κ1) is 9.71. The molecule has 0 saturated heterocycles. The lowest BCUT2D eigenvalue weighted by atomic mass is 9.98. The van der Waals surface area contributed by atoms with Gasteiger partial charge < -0.3 is 9.84 Å². The number of nitrogens with zero attached hydrogens (tertiary/aromatic N) is 1. The summed E-state index contributed by atoms with van der Waals surface area (Å²) in [5.74, 6) is 1.80. The third kappa shape index (κ3) is 1.98. The molecule has 0 unspecified atom stereocenters. The molecule has 0 amide bonds. The fraction of sp³-hybridized carbons (Fsp3) is 0.727. The summed E-state index contributed by atoms with van der Waals surface area (Å²) in [5, 5.41) is 7.05. The third-order valence-corrected chi connectivity index (χ3v) is 3.07. The van der Waals surface area contributed by atoms with Crippen LogP contribution in [0.1, 0.15) is 42.9 Å². The molecule has 1 fully saturated rings. The summed E-state index contributed by atoms with van der Waals surface area (Å²) >= 11 is 0. The summed E-state index contributed by atoms with van der Waals surface area (Å²) in [4.78, 5) is 0. The Labute approximate surface area is 84.9 Å². The minimum Gasteiger partial charge on any atom is -0.361 e. The van der Waals surface area contributed by atoms with Crippen LogP contribution in [0.5, 0.6) is 0 Å². The summed E-state index contributed by atoms with van der Waals surface area (Å²) in [6, 6.07) is 0. The zero-order valence-electron chi connectivity index (χ0n) is 8.75. The first-order chi connectivity index (χ1) is 6.92. The van der Waals surface area contributed by atoms with Crippen molar-refractivity contribution in [1.82, 2.24) is 10.5 Å². The maximum Gasteiger partial charge on any atom is 0.141 e. The van der Waals surface area contributed by atoms with Gasteiger partial charge in [0.2, 0.25) is 0 Å². The second-order valence-corrected chi connectivity index (χ2v) is 4.04. The molecule has 0 spiro atoms. The van der Waals surface area contributed by atoms with Crippen molar-refractivity contribution >= 4 is 0 Å². The SMILES string of the molecule is CNCCc1oncc1C1CCCC1. The lowest BCUT2D eigenvalue weighted by molar-refractivity contribution is 0.379. The third-order valence-electron chi connectivity index (χ3n) is 3.07. The Hall–Kier alpha value is -0.830. The van der Waals surface area contributed by atoms with E-state index in [4.69, 9.17) is 4.52 Å². The molecule has 3 nitrogen and oxygen atoms in total. The maximum atomic E-state index is 5.29. The van der Waals surface area contributed by atoms with Crippen LogP contribution in [0.15, 0.2) is 10.7 Å². The van der Waals surface area contributed by atoms with Gasteiger partial charge in [0.25, 0.3) is 0 Å². The molecule has 14 heavy (non-hydrogen) atoms. The lowest BCUT2D eigenvalue weighted by Gasteiger charge is -2.07. The minimum absolute atomic E-state index is 0.716. The highest BCUT2D eigenvalue weighted by atomic mass is 16.5. The molecule has 0 aromatic carbocycles. The lowest BCUT2D eigenvalue weighted by Crippen LogP contribution is -2.11. The highest BCUT2D eigenvalue weighted by molar-refractivity contribution is 5.20. The molecule has 1 saturated carbocycles. The monoisotopic (exact) mass is 194 g/mol. The fourth-order valence-corrected chi connectivity index (χ4v) is 2.27. The Kier molecular flexibility index (Phi) is 3.19.